The molecule has 0 saturated carbocycles. The third-order valence-electron chi connectivity index (χ3n) is 19.3. The Bertz CT molecular complexity index is 4920. The highest BCUT2D eigenvalue weighted by Gasteiger charge is 2.39. The van der Waals surface area contributed by atoms with Gasteiger partial charge in [0.25, 0.3) is 0 Å². The molecular weight excluding hydrogens is 1350 g/mol. The molecule has 9 N–H and O–H groups in total. The second-order valence-electron chi connectivity index (χ2n) is 29.0. The van der Waals surface area contributed by atoms with Gasteiger partial charge in [-0.05, 0) is 175 Å². The number of nitrogens with zero attached hydrogens (tertiary/aromatic N) is 15. The normalized spacial score (nSPS) is 19.1. The molecule has 0 aromatic carbocycles. The van der Waals surface area contributed by atoms with E-state index >= 15 is 0 Å². The summed E-state index contributed by atoms with van der Waals surface area (Å²) in [5, 5.41) is 56.4. The number of aromatic amines is 4. The Morgan fingerprint density at radius 1 is 0.538 bits per heavy atom. The number of aliphatic hydroxyl groups is 1. The van der Waals surface area contributed by atoms with Gasteiger partial charge in [0, 0.05) is 129 Å². The van der Waals surface area contributed by atoms with Gasteiger partial charge < -0.3 is 41.1 Å². The number of anilines is 3. The standard InChI is InChI=1S/C20H25ClN6.C20H26N6.C19H21F3N6O.C16H16FN5.H2/c1-13(2)11-20(3)12-27(10-9-23-20)16-7-6-15(21)18(24-16)17-14-5-4-8-22-19(14)26-25-17;1-14(2)12-20(3)13-26(11-10-22-20)17-8-4-7-16(23-17)18-15-6-5-9-21-19(15)25-24-18;1-18(2,29)13-10-28(9-8-23-13)14-6-5-12(19(20,21)22)16(25-14)15-11-4-3-7-24-17(11)27-26-15;17-12-3-4-13(10-5-8-18-9-6-10)20-15(12)14-11-2-1-7-19-16(11)22-21-14;/h4-8,13,23H,9-12H2,1-3H3,(H,22,25,26);4-9,14,22H,10-13H2,1-3H3,(H,21,24,25);3-7,13,23,29H,8-10H2,1-2H3,(H,24,26,27);1-4,7,10,18H,5-6,8-9H2,(H,19,21,22);1H. The van der Waals surface area contributed by atoms with Crippen LogP contribution in [0.1, 0.15) is 99.7 Å². The van der Waals surface area contributed by atoms with Gasteiger partial charge in [0.15, 0.2) is 28.4 Å². The van der Waals surface area contributed by atoms with Crippen LogP contribution in [0.15, 0.2) is 128 Å². The summed E-state index contributed by atoms with van der Waals surface area (Å²) in [5.74, 6) is 3.72. The molecule has 12 aromatic heterocycles. The van der Waals surface area contributed by atoms with Gasteiger partial charge in [-0.15, -0.1) is 0 Å². The Labute approximate surface area is 606 Å². The lowest BCUT2D eigenvalue weighted by Gasteiger charge is -2.43. The quantitative estimate of drug-likeness (QED) is 0.0485. The second kappa shape index (κ2) is 30.9. The molecule has 16 heterocycles. The minimum atomic E-state index is -4.57. The minimum absolute atomic E-state index is 0. The molecule has 546 valence electrons. The predicted octanol–water partition coefficient (Wildman–Crippen LogP) is 12.6. The first-order chi connectivity index (χ1) is 50.0. The lowest BCUT2D eigenvalue weighted by molar-refractivity contribution is -0.137. The fourth-order valence-corrected chi connectivity index (χ4v) is 14.9. The molecule has 29 heteroatoms. The highest BCUT2D eigenvalue weighted by Crippen LogP contribution is 2.40. The molecule has 0 aliphatic carbocycles. The van der Waals surface area contributed by atoms with Crippen LogP contribution in [0, 0.1) is 17.7 Å². The van der Waals surface area contributed by atoms with Crippen molar-refractivity contribution < 1.29 is 24.1 Å². The maximum atomic E-state index is 14.3. The van der Waals surface area contributed by atoms with Crippen LogP contribution in [-0.2, 0) is 6.18 Å². The molecule has 24 nitrogen and oxygen atoms in total. The van der Waals surface area contributed by atoms with Crippen molar-refractivity contribution in [2.24, 2.45) is 11.8 Å². The number of H-pyrrole nitrogens is 4. The Kier molecular flexibility index (Phi) is 21.6. The number of hydrogen-bond acceptors (Lipinski definition) is 20. The van der Waals surface area contributed by atoms with Crippen LogP contribution in [0.4, 0.5) is 35.0 Å². The molecule has 4 aliphatic heterocycles. The first-order valence-electron chi connectivity index (χ1n) is 35.4. The summed E-state index contributed by atoms with van der Waals surface area (Å²) >= 11 is 6.49. The number of hydrogen-bond donors (Lipinski definition) is 9. The average Bonchev–Trinajstić information content (AvgIpc) is 1.76. The van der Waals surface area contributed by atoms with Crippen molar-refractivity contribution in [1.82, 2.24) is 102 Å². The van der Waals surface area contributed by atoms with Gasteiger partial charge in [-0.25, -0.2) is 44.3 Å². The van der Waals surface area contributed by atoms with Gasteiger partial charge in [0.05, 0.1) is 50.7 Å². The minimum Gasteiger partial charge on any atom is -0.389 e. The van der Waals surface area contributed by atoms with Crippen molar-refractivity contribution in [3.8, 4) is 45.6 Å². The lowest BCUT2D eigenvalue weighted by atomic mass is 9.88. The van der Waals surface area contributed by atoms with E-state index in [4.69, 9.17) is 21.6 Å². The second-order valence-corrected chi connectivity index (χ2v) is 29.5. The summed E-state index contributed by atoms with van der Waals surface area (Å²) < 4.78 is 55.3. The maximum Gasteiger partial charge on any atom is 0.418 e. The monoisotopic (exact) mass is 1440 g/mol. The highest BCUT2D eigenvalue weighted by atomic mass is 35.5. The SMILES string of the molecule is CC(C)(O)C1CN(c2ccc(C(F)(F)F)c(-c3[nH]nc4ncccc34)n2)CCN1.CC(C)CC1(C)CN(c2ccc(Cl)c(-c3[nH]nc4ncccc34)n2)CCN1.CC(C)CC1(C)CN(c2cccc(-c3[nH]nc4ncccc34)n2)CCN1.Fc1ccc(C2CCNCC2)nc1-c1[nH]nc2ncccc12.[HH]. The van der Waals surface area contributed by atoms with Crippen molar-refractivity contribution in [3.05, 3.63) is 150 Å². The molecule has 3 atom stereocenters. The predicted molar refractivity (Wildman–Crippen MR) is 402 cm³/mol. The number of fused-ring (bicyclic) bond motifs is 4. The van der Waals surface area contributed by atoms with Crippen LogP contribution in [-0.4, -0.2) is 180 Å². The van der Waals surface area contributed by atoms with E-state index in [0.717, 1.165) is 140 Å². The first-order valence-corrected chi connectivity index (χ1v) is 35.8. The van der Waals surface area contributed by atoms with Crippen LogP contribution in [0.2, 0.25) is 5.02 Å². The van der Waals surface area contributed by atoms with Crippen LogP contribution in [0.3, 0.4) is 0 Å². The van der Waals surface area contributed by atoms with Gasteiger partial charge in [0.2, 0.25) is 0 Å². The third-order valence-corrected chi connectivity index (χ3v) is 19.6. The van der Waals surface area contributed by atoms with Crippen molar-refractivity contribution in [1.29, 1.82) is 0 Å². The molecule has 12 aromatic rings. The number of piperidine rings is 1. The molecule has 0 bridgehead atoms. The van der Waals surface area contributed by atoms with Crippen molar-refractivity contribution in [3.63, 3.8) is 0 Å². The van der Waals surface area contributed by atoms with Crippen molar-refractivity contribution in [2.45, 2.75) is 116 Å². The molecule has 4 fully saturated rings. The Hall–Kier alpha value is -9.71. The average molecular weight is 1440 g/mol. The van der Waals surface area contributed by atoms with E-state index in [-0.39, 0.29) is 35.8 Å². The summed E-state index contributed by atoms with van der Waals surface area (Å²) in [6, 6.07) is 30.4. The Balaban J connectivity index is 0.000000132. The van der Waals surface area contributed by atoms with Crippen LogP contribution >= 0.6 is 11.6 Å². The van der Waals surface area contributed by atoms with Gasteiger partial charge in [-0.1, -0.05) is 45.4 Å². The van der Waals surface area contributed by atoms with E-state index < -0.39 is 17.3 Å². The first kappa shape index (κ1) is 72.6. The molecule has 16 rings (SSSR count). The Morgan fingerprint density at radius 2 is 1.01 bits per heavy atom. The zero-order valence-corrected chi connectivity index (χ0v) is 60.3. The summed E-state index contributed by atoms with van der Waals surface area (Å²) in [6.07, 6.45) is 6.45. The maximum absolute atomic E-state index is 14.3. The smallest absolute Gasteiger partial charge is 0.389 e. The summed E-state index contributed by atoms with van der Waals surface area (Å²) in [5.41, 5.74) is 5.86. The van der Waals surface area contributed by atoms with Gasteiger partial charge in [0.1, 0.15) is 34.5 Å². The zero-order valence-electron chi connectivity index (χ0n) is 59.6. The molecule has 104 heavy (non-hydrogen) atoms. The fraction of sp³-hybridized carbons (Fsp3) is 0.413. The molecule has 4 aliphatic rings. The molecule has 0 radical (unpaired) electrons. The number of pyridine rings is 8. The molecular formula is C75H90ClF4N23O. The van der Waals surface area contributed by atoms with Crippen LogP contribution < -0.4 is 36.0 Å². The molecule has 0 spiro atoms. The number of aromatic nitrogens is 16. The van der Waals surface area contributed by atoms with Gasteiger partial charge in [-0.2, -0.15) is 33.6 Å². The summed E-state index contributed by atoms with van der Waals surface area (Å²) in [7, 11) is 0. The van der Waals surface area contributed by atoms with Crippen LogP contribution in [0.5, 0.6) is 0 Å². The highest BCUT2D eigenvalue weighted by molar-refractivity contribution is 6.33. The fourth-order valence-electron chi connectivity index (χ4n) is 14.7. The number of halogens is 5. The number of alkyl halides is 3. The lowest BCUT2D eigenvalue weighted by Crippen LogP contribution is -2.59. The van der Waals surface area contributed by atoms with E-state index in [1.807, 2.05) is 59.5 Å². The Morgan fingerprint density at radius 3 is 1.54 bits per heavy atom. The molecule has 4 saturated heterocycles. The number of rotatable bonds is 13. The van der Waals surface area contributed by atoms with Crippen molar-refractivity contribution >= 4 is 73.2 Å². The topological polar surface area (TPSA) is 296 Å². The number of piperazine rings is 3. The van der Waals surface area contributed by atoms with E-state index in [1.54, 1.807) is 50.6 Å². The van der Waals surface area contributed by atoms with Crippen LogP contribution in [0.25, 0.3) is 89.7 Å². The molecule has 0 amide bonds. The largest absolute Gasteiger partial charge is 0.418 e. The summed E-state index contributed by atoms with van der Waals surface area (Å²) in [6.45, 7) is 26.3. The van der Waals surface area contributed by atoms with E-state index in [2.05, 4.69) is 155 Å². The van der Waals surface area contributed by atoms with Crippen molar-refractivity contribution in [2.75, 3.05) is 86.7 Å². The van der Waals surface area contributed by atoms with E-state index in [9.17, 15) is 22.7 Å². The summed E-state index contributed by atoms with van der Waals surface area (Å²) in [4.78, 5) is 42.2. The number of nitrogens with one attached hydrogen (secondary N) is 8. The van der Waals surface area contributed by atoms with Gasteiger partial charge in [-0.3, -0.25) is 20.4 Å². The van der Waals surface area contributed by atoms with E-state index in [1.165, 1.54) is 18.3 Å². The van der Waals surface area contributed by atoms with E-state index in [0.29, 0.717) is 87.6 Å². The molecule has 3 unspecified atom stereocenters. The third kappa shape index (κ3) is 16.6. The zero-order chi connectivity index (χ0) is 72.9. The van der Waals surface area contributed by atoms with Gasteiger partial charge >= 0.3 is 6.18 Å².